The topological polar surface area (TPSA) is 20.2 Å². The predicted molar refractivity (Wildman–Crippen MR) is 137 cm³/mol. The molecule has 1 nitrogen and oxygen atoms in total. The van der Waals surface area contributed by atoms with Crippen LogP contribution in [0.1, 0.15) is 120 Å². The van der Waals surface area contributed by atoms with Crippen LogP contribution in [0.15, 0.2) is 23.3 Å². The van der Waals surface area contributed by atoms with Crippen LogP contribution in [-0.2, 0) is 0 Å². The summed E-state index contributed by atoms with van der Waals surface area (Å²) in [5, 5.41) is 10.8. The standard InChI is InChI=1S/C31H52O/c1-20(2)21(3)10-11-22(4)23-14-18-31(9)25-12-13-26-28(5,6)27(32)16-17-29(26,7)24(25)15-19-30(23,31)8/h21-23,26-27,32H,1,10-19H2,2-9H3/t21-,22+,23+,26+,27+,29-,30+,31-/m1/s1. The summed E-state index contributed by atoms with van der Waals surface area (Å²) in [5.74, 6) is 2.94. The van der Waals surface area contributed by atoms with Crippen molar-refractivity contribution in [1.29, 1.82) is 0 Å². The van der Waals surface area contributed by atoms with Gasteiger partial charge in [0, 0.05) is 0 Å². The van der Waals surface area contributed by atoms with Crippen LogP contribution < -0.4 is 0 Å². The van der Waals surface area contributed by atoms with E-state index in [2.05, 4.69) is 62.0 Å². The van der Waals surface area contributed by atoms with E-state index in [0.29, 0.717) is 28.1 Å². The lowest BCUT2D eigenvalue weighted by atomic mass is 9.43. The Labute approximate surface area is 199 Å². The van der Waals surface area contributed by atoms with Gasteiger partial charge < -0.3 is 5.11 Å². The lowest BCUT2D eigenvalue weighted by Crippen LogP contribution is -2.55. The first kappa shape index (κ1) is 24.6. The van der Waals surface area contributed by atoms with E-state index in [1.54, 1.807) is 0 Å². The lowest BCUT2D eigenvalue weighted by molar-refractivity contribution is -0.0962. The number of fused-ring (bicyclic) bond motifs is 4. The van der Waals surface area contributed by atoms with Crippen LogP contribution in [0.3, 0.4) is 0 Å². The zero-order valence-electron chi connectivity index (χ0n) is 22.6. The van der Waals surface area contributed by atoms with E-state index in [4.69, 9.17) is 0 Å². The number of allylic oxidation sites excluding steroid dienone is 3. The van der Waals surface area contributed by atoms with Crippen LogP contribution in [0.5, 0.6) is 0 Å². The number of aliphatic hydroxyl groups excluding tert-OH is 1. The normalized spacial score (nSPS) is 45.0. The van der Waals surface area contributed by atoms with Crippen LogP contribution in [0.4, 0.5) is 0 Å². The molecule has 2 fully saturated rings. The maximum absolute atomic E-state index is 10.8. The minimum atomic E-state index is -0.134. The van der Waals surface area contributed by atoms with E-state index in [1.165, 1.54) is 63.4 Å². The Balaban J connectivity index is 1.62. The van der Waals surface area contributed by atoms with Gasteiger partial charge >= 0.3 is 0 Å². The summed E-state index contributed by atoms with van der Waals surface area (Å²) in [6.45, 7) is 23.9. The summed E-state index contributed by atoms with van der Waals surface area (Å²) in [7, 11) is 0. The second-order valence-corrected chi connectivity index (χ2v) is 14.0. The number of rotatable bonds is 5. The maximum Gasteiger partial charge on any atom is 0.0594 e. The lowest BCUT2D eigenvalue weighted by Gasteiger charge is -2.62. The van der Waals surface area contributed by atoms with Crippen molar-refractivity contribution in [2.75, 3.05) is 0 Å². The molecule has 0 aromatic heterocycles. The summed E-state index contributed by atoms with van der Waals surface area (Å²) in [6, 6.07) is 0. The zero-order chi connectivity index (χ0) is 23.7. The Kier molecular flexibility index (Phi) is 6.14. The number of aliphatic hydroxyl groups is 1. The summed E-state index contributed by atoms with van der Waals surface area (Å²) in [6.07, 6.45) is 12.7. The fourth-order valence-electron chi connectivity index (χ4n) is 9.59. The minimum absolute atomic E-state index is 0.0416. The van der Waals surface area contributed by atoms with Gasteiger partial charge in [-0.05, 0) is 116 Å². The van der Waals surface area contributed by atoms with E-state index in [0.717, 1.165) is 18.3 Å². The van der Waals surface area contributed by atoms with Crippen LogP contribution in [0.25, 0.3) is 0 Å². The molecule has 8 atom stereocenters. The average molecular weight is 441 g/mol. The fourth-order valence-corrected chi connectivity index (χ4v) is 9.59. The molecule has 4 aliphatic rings. The minimum Gasteiger partial charge on any atom is -0.393 e. The Morgan fingerprint density at radius 1 is 0.938 bits per heavy atom. The zero-order valence-corrected chi connectivity index (χ0v) is 22.6. The molecule has 4 rings (SSSR count). The molecule has 0 radical (unpaired) electrons. The van der Waals surface area contributed by atoms with Gasteiger partial charge in [0.25, 0.3) is 0 Å². The quantitative estimate of drug-likeness (QED) is 0.424. The molecule has 1 N–H and O–H groups in total. The molecule has 0 amide bonds. The van der Waals surface area contributed by atoms with Gasteiger partial charge in [-0.1, -0.05) is 71.8 Å². The van der Waals surface area contributed by atoms with Crippen LogP contribution >= 0.6 is 0 Å². The van der Waals surface area contributed by atoms with Crippen LogP contribution in [0.2, 0.25) is 0 Å². The van der Waals surface area contributed by atoms with E-state index in [1.807, 2.05) is 11.1 Å². The maximum atomic E-state index is 10.8. The van der Waals surface area contributed by atoms with Gasteiger partial charge in [0.05, 0.1) is 6.10 Å². The van der Waals surface area contributed by atoms with E-state index < -0.39 is 0 Å². The van der Waals surface area contributed by atoms with Gasteiger partial charge in [0.2, 0.25) is 0 Å². The Hall–Kier alpha value is -0.560. The van der Waals surface area contributed by atoms with Crippen LogP contribution in [0, 0.1) is 45.3 Å². The highest BCUT2D eigenvalue weighted by atomic mass is 16.3. The van der Waals surface area contributed by atoms with Gasteiger partial charge in [-0.25, -0.2) is 0 Å². The molecule has 32 heavy (non-hydrogen) atoms. The monoisotopic (exact) mass is 440 g/mol. The smallest absolute Gasteiger partial charge is 0.0594 e. The molecular weight excluding hydrogens is 388 g/mol. The van der Waals surface area contributed by atoms with Gasteiger partial charge in [-0.3, -0.25) is 0 Å². The molecular formula is C31H52O. The molecule has 4 aliphatic carbocycles. The van der Waals surface area contributed by atoms with E-state index in [-0.39, 0.29) is 11.5 Å². The summed E-state index contributed by atoms with van der Waals surface area (Å²) in [4.78, 5) is 0. The van der Waals surface area contributed by atoms with Crippen molar-refractivity contribution >= 4 is 0 Å². The molecule has 0 heterocycles. The molecule has 0 bridgehead atoms. The van der Waals surface area contributed by atoms with Crippen molar-refractivity contribution in [3.8, 4) is 0 Å². The van der Waals surface area contributed by atoms with Gasteiger partial charge in [0.1, 0.15) is 0 Å². The largest absolute Gasteiger partial charge is 0.393 e. The highest BCUT2D eigenvalue weighted by Gasteiger charge is 2.63. The predicted octanol–water partition coefficient (Wildman–Crippen LogP) is 8.73. The molecule has 1 heteroatoms. The molecule has 2 saturated carbocycles. The third-order valence-corrected chi connectivity index (χ3v) is 12.4. The van der Waals surface area contributed by atoms with Gasteiger partial charge in [-0.2, -0.15) is 0 Å². The number of hydrogen-bond donors (Lipinski definition) is 1. The van der Waals surface area contributed by atoms with E-state index >= 15 is 0 Å². The molecule has 0 aliphatic heterocycles. The molecule has 0 aromatic rings. The SMILES string of the molecule is C=C(C)[C@H](C)CC[C@H](C)[C@@H]1CC[C@]2(C)C3=C(CC[C@@]12C)[C@@]1(C)CC[C@H](O)C(C)(C)[C@@H]1CC3. The summed E-state index contributed by atoms with van der Waals surface area (Å²) >= 11 is 0. The second-order valence-electron chi connectivity index (χ2n) is 14.0. The third kappa shape index (κ3) is 3.34. The molecule has 0 aromatic carbocycles. The van der Waals surface area contributed by atoms with Crippen molar-refractivity contribution in [1.82, 2.24) is 0 Å². The third-order valence-electron chi connectivity index (χ3n) is 12.4. The first-order valence-electron chi connectivity index (χ1n) is 13.9. The molecule has 0 spiro atoms. The molecule has 0 saturated heterocycles. The summed E-state index contributed by atoms with van der Waals surface area (Å²) in [5.41, 5.74) is 6.25. The Morgan fingerprint density at radius 3 is 2.28 bits per heavy atom. The summed E-state index contributed by atoms with van der Waals surface area (Å²) < 4.78 is 0. The second kappa shape index (κ2) is 8.00. The van der Waals surface area contributed by atoms with Crippen molar-refractivity contribution in [2.24, 2.45) is 45.3 Å². The van der Waals surface area contributed by atoms with Crippen molar-refractivity contribution in [2.45, 2.75) is 126 Å². The average Bonchev–Trinajstić information content (AvgIpc) is 3.00. The van der Waals surface area contributed by atoms with Gasteiger partial charge in [0.15, 0.2) is 0 Å². The first-order valence-corrected chi connectivity index (χ1v) is 13.9. The van der Waals surface area contributed by atoms with Crippen molar-refractivity contribution < 1.29 is 5.11 Å². The molecule has 182 valence electrons. The highest BCUT2D eigenvalue weighted by Crippen LogP contribution is 2.72. The number of hydrogen-bond acceptors (Lipinski definition) is 1. The van der Waals surface area contributed by atoms with E-state index in [9.17, 15) is 5.11 Å². The van der Waals surface area contributed by atoms with Gasteiger partial charge in [-0.15, -0.1) is 0 Å². The highest BCUT2D eigenvalue weighted by molar-refractivity contribution is 5.38. The van der Waals surface area contributed by atoms with Crippen molar-refractivity contribution in [3.05, 3.63) is 23.3 Å². The first-order chi connectivity index (χ1) is 14.8. The van der Waals surface area contributed by atoms with Crippen molar-refractivity contribution in [3.63, 3.8) is 0 Å². The Morgan fingerprint density at radius 2 is 1.62 bits per heavy atom. The fraction of sp³-hybridized carbons (Fsp3) is 0.871. The van der Waals surface area contributed by atoms with Crippen LogP contribution in [-0.4, -0.2) is 11.2 Å². The Bertz CT molecular complexity index is 788. The molecule has 0 unspecified atom stereocenters.